The highest BCUT2D eigenvalue weighted by molar-refractivity contribution is 6.42. The van der Waals surface area contributed by atoms with Crippen LogP contribution in [-0.4, -0.2) is 13.1 Å². The maximum Gasteiger partial charge on any atom is 0.0595 e. The number of hydrogen-bond donors (Lipinski definition) is 1. The van der Waals surface area contributed by atoms with Crippen LogP contribution in [0.5, 0.6) is 0 Å². The molecule has 1 aliphatic rings. The fourth-order valence-electron chi connectivity index (χ4n) is 3.48. The van der Waals surface area contributed by atoms with Gasteiger partial charge in [0.2, 0.25) is 0 Å². The topological polar surface area (TPSA) is 12.0 Å². The van der Waals surface area contributed by atoms with Crippen LogP contribution in [0, 0.1) is 17.8 Å². The monoisotopic (exact) mass is 313 g/mol. The molecule has 3 heteroatoms. The summed E-state index contributed by atoms with van der Waals surface area (Å²) in [5.41, 5.74) is 1.30. The molecule has 1 aromatic rings. The summed E-state index contributed by atoms with van der Waals surface area (Å²) >= 11 is 12.1. The summed E-state index contributed by atoms with van der Waals surface area (Å²) in [6.07, 6.45) is 5.03. The first-order chi connectivity index (χ1) is 9.51. The molecule has 2 rings (SSSR count). The maximum atomic E-state index is 6.13. The lowest BCUT2D eigenvalue weighted by Crippen LogP contribution is -2.40. The van der Waals surface area contributed by atoms with Crippen LogP contribution in [0.2, 0.25) is 10.0 Å². The Bertz CT molecular complexity index is 445. The highest BCUT2D eigenvalue weighted by Crippen LogP contribution is 2.36. The van der Waals surface area contributed by atoms with Crippen molar-refractivity contribution in [1.29, 1.82) is 0 Å². The molecule has 3 unspecified atom stereocenters. The first kappa shape index (κ1) is 16.1. The second-order valence-corrected chi connectivity index (χ2v) is 7.24. The van der Waals surface area contributed by atoms with Gasteiger partial charge in [-0.3, -0.25) is 0 Å². The van der Waals surface area contributed by atoms with Crippen LogP contribution in [-0.2, 0) is 6.42 Å². The fraction of sp³-hybridized carbons (Fsp3) is 0.647. The fourth-order valence-corrected chi connectivity index (χ4v) is 3.80. The molecule has 20 heavy (non-hydrogen) atoms. The molecule has 0 amide bonds. The van der Waals surface area contributed by atoms with Crippen molar-refractivity contribution >= 4 is 23.2 Å². The minimum absolute atomic E-state index is 0.624. The summed E-state index contributed by atoms with van der Waals surface area (Å²) in [6, 6.07) is 6.67. The first-order valence-electron chi connectivity index (χ1n) is 7.62. The third kappa shape index (κ3) is 3.90. The van der Waals surface area contributed by atoms with E-state index in [1.54, 1.807) is 0 Å². The van der Waals surface area contributed by atoms with Gasteiger partial charge in [-0.05, 0) is 68.2 Å². The molecule has 3 atom stereocenters. The Hall–Kier alpha value is -0.240. The highest BCUT2D eigenvalue weighted by Gasteiger charge is 2.30. The zero-order chi connectivity index (χ0) is 14.7. The zero-order valence-corrected chi connectivity index (χ0v) is 14.1. The molecule has 0 bridgehead atoms. The number of nitrogens with one attached hydrogen (secondary N) is 1. The van der Waals surface area contributed by atoms with Crippen LogP contribution >= 0.6 is 23.2 Å². The standard InChI is InChI=1S/C17H25Cl2N/c1-11(2)13-5-7-17(20-3)14(10-13)8-12-4-6-15(18)16(19)9-12/h4,6,9,11,13-14,17,20H,5,7-8,10H2,1-3H3. The van der Waals surface area contributed by atoms with Gasteiger partial charge in [0.25, 0.3) is 0 Å². The van der Waals surface area contributed by atoms with Gasteiger partial charge in [0.1, 0.15) is 0 Å². The van der Waals surface area contributed by atoms with Gasteiger partial charge in [0, 0.05) is 6.04 Å². The van der Waals surface area contributed by atoms with E-state index in [4.69, 9.17) is 23.2 Å². The molecule has 0 aromatic heterocycles. The van der Waals surface area contributed by atoms with Crippen LogP contribution in [0.4, 0.5) is 0 Å². The number of benzene rings is 1. The van der Waals surface area contributed by atoms with E-state index >= 15 is 0 Å². The predicted octanol–water partition coefficient (Wildman–Crippen LogP) is 5.20. The SMILES string of the molecule is CNC1CCC(C(C)C)CC1Cc1ccc(Cl)c(Cl)c1. The largest absolute Gasteiger partial charge is 0.317 e. The van der Waals surface area contributed by atoms with Crippen molar-refractivity contribution < 1.29 is 0 Å². The van der Waals surface area contributed by atoms with Gasteiger partial charge < -0.3 is 5.32 Å². The Balaban J connectivity index is 2.09. The van der Waals surface area contributed by atoms with E-state index in [0.717, 1.165) is 18.3 Å². The van der Waals surface area contributed by atoms with E-state index in [1.165, 1.54) is 24.8 Å². The van der Waals surface area contributed by atoms with Gasteiger partial charge in [0.05, 0.1) is 10.0 Å². The van der Waals surface area contributed by atoms with Crippen molar-refractivity contribution in [2.24, 2.45) is 17.8 Å². The molecule has 0 radical (unpaired) electrons. The summed E-state index contributed by atoms with van der Waals surface area (Å²) in [5.74, 6) is 2.33. The van der Waals surface area contributed by atoms with Gasteiger partial charge in [-0.2, -0.15) is 0 Å². The zero-order valence-electron chi connectivity index (χ0n) is 12.6. The summed E-state index contributed by atoms with van der Waals surface area (Å²) < 4.78 is 0. The molecule has 1 N–H and O–H groups in total. The van der Waals surface area contributed by atoms with Crippen LogP contribution in [0.1, 0.15) is 38.7 Å². The molecular formula is C17H25Cl2N. The smallest absolute Gasteiger partial charge is 0.0595 e. The normalized spacial score (nSPS) is 27.0. The third-order valence-electron chi connectivity index (χ3n) is 4.82. The van der Waals surface area contributed by atoms with Gasteiger partial charge in [-0.15, -0.1) is 0 Å². The van der Waals surface area contributed by atoms with Crippen molar-refractivity contribution in [3.05, 3.63) is 33.8 Å². The number of hydrogen-bond acceptors (Lipinski definition) is 1. The lowest BCUT2D eigenvalue weighted by Gasteiger charge is -2.38. The van der Waals surface area contributed by atoms with Gasteiger partial charge in [-0.1, -0.05) is 43.1 Å². The molecule has 0 heterocycles. The molecule has 1 saturated carbocycles. The summed E-state index contributed by atoms with van der Waals surface area (Å²) in [5, 5.41) is 4.81. The van der Waals surface area contributed by atoms with Crippen molar-refractivity contribution in [2.75, 3.05) is 7.05 Å². The number of halogens is 2. The first-order valence-corrected chi connectivity index (χ1v) is 8.38. The minimum atomic E-state index is 0.624. The van der Waals surface area contributed by atoms with E-state index in [9.17, 15) is 0 Å². The van der Waals surface area contributed by atoms with Gasteiger partial charge in [0.15, 0.2) is 0 Å². The second kappa shape index (κ2) is 7.15. The lowest BCUT2D eigenvalue weighted by molar-refractivity contribution is 0.173. The van der Waals surface area contributed by atoms with Crippen molar-refractivity contribution in [2.45, 2.75) is 45.6 Å². The predicted molar refractivity (Wildman–Crippen MR) is 88.7 cm³/mol. The Labute approximate surface area is 133 Å². The van der Waals surface area contributed by atoms with Crippen molar-refractivity contribution in [3.63, 3.8) is 0 Å². The van der Waals surface area contributed by atoms with Crippen LogP contribution < -0.4 is 5.32 Å². The third-order valence-corrected chi connectivity index (χ3v) is 5.56. The molecule has 1 nitrogen and oxygen atoms in total. The maximum absolute atomic E-state index is 6.13. The Morgan fingerprint density at radius 2 is 1.95 bits per heavy atom. The molecular weight excluding hydrogens is 289 g/mol. The molecule has 1 aromatic carbocycles. The number of rotatable bonds is 4. The molecule has 0 spiro atoms. The molecule has 112 valence electrons. The van der Waals surface area contributed by atoms with E-state index in [2.05, 4.69) is 32.3 Å². The van der Waals surface area contributed by atoms with E-state index in [1.807, 2.05) is 12.1 Å². The van der Waals surface area contributed by atoms with E-state index in [-0.39, 0.29) is 0 Å². The highest BCUT2D eigenvalue weighted by atomic mass is 35.5. The lowest BCUT2D eigenvalue weighted by atomic mass is 9.72. The molecule has 1 fully saturated rings. The minimum Gasteiger partial charge on any atom is -0.317 e. The Kier molecular flexibility index (Phi) is 5.77. The van der Waals surface area contributed by atoms with Crippen LogP contribution in [0.25, 0.3) is 0 Å². The van der Waals surface area contributed by atoms with Crippen molar-refractivity contribution in [3.8, 4) is 0 Å². The second-order valence-electron chi connectivity index (χ2n) is 6.42. The molecule has 0 aliphatic heterocycles. The average Bonchev–Trinajstić information content (AvgIpc) is 2.42. The average molecular weight is 314 g/mol. The van der Waals surface area contributed by atoms with Crippen molar-refractivity contribution in [1.82, 2.24) is 5.32 Å². The van der Waals surface area contributed by atoms with Crippen LogP contribution in [0.15, 0.2) is 18.2 Å². The Morgan fingerprint density at radius 3 is 2.55 bits per heavy atom. The summed E-state index contributed by atoms with van der Waals surface area (Å²) in [7, 11) is 2.09. The summed E-state index contributed by atoms with van der Waals surface area (Å²) in [6.45, 7) is 4.70. The van der Waals surface area contributed by atoms with E-state index < -0.39 is 0 Å². The van der Waals surface area contributed by atoms with E-state index in [0.29, 0.717) is 22.0 Å². The Morgan fingerprint density at radius 1 is 1.20 bits per heavy atom. The van der Waals surface area contributed by atoms with Gasteiger partial charge in [-0.25, -0.2) is 0 Å². The van der Waals surface area contributed by atoms with Gasteiger partial charge >= 0.3 is 0 Å². The quantitative estimate of drug-likeness (QED) is 0.806. The van der Waals surface area contributed by atoms with Crippen LogP contribution in [0.3, 0.4) is 0 Å². The molecule has 0 saturated heterocycles. The summed E-state index contributed by atoms with van der Waals surface area (Å²) in [4.78, 5) is 0. The molecule has 1 aliphatic carbocycles.